The number of benzene rings is 1. The number of aldehydes is 1. The number of hydrogen-bond acceptors (Lipinski definition) is 3. The highest BCUT2D eigenvalue weighted by Gasteiger charge is 2.11. The van der Waals surface area contributed by atoms with E-state index in [1.54, 1.807) is 11.8 Å². The van der Waals surface area contributed by atoms with Crippen LogP contribution >= 0.6 is 23.1 Å². The topological polar surface area (TPSA) is 17.1 Å². The largest absolute Gasteiger partial charge is 0.297 e. The van der Waals surface area contributed by atoms with Crippen LogP contribution in [0.5, 0.6) is 0 Å². The number of fused-ring (bicyclic) bond motifs is 1. The van der Waals surface area contributed by atoms with Crippen molar-refractivity contribution >= 4 is 29.4 Å². The molecule has 3 heteroatoms. The molecule has 0 unspecified atom stereocenters. The summed E-state index contributed by atoms with van der Waals surface area (Å²) in [6.45, 7) is 0. The van der Waals surface area contributed by atoms with E-state index in [2.05, 4.69) is 18.2 Å². The van der Waals surface area contributed by atoms with E-state index in [-0.39, 0.29) is 0 Å². The summed E-state index contributed by atoms with van der Waals surface area (Å²) in [6, 6.07) is 8.69. The van der Waals surface area contributed by atoms with Crippen molar-refractivity contribution in [1.29, 1.82) is 0 Å². The van der Waals surface area contributed by atoms with Gasteiger partial charge in [0.25, 0.3) is 0 Å². The van der Waals surface area contributed by atoms with Crippen molar-refractivity contribution in [2.45, 2.75) is 29.1 Å². The third-order valence-corrected chi connectivity index (χ3v) is 4.99. The number of hydrogen-bond donors (Lipinski definition) is 0. The van der Waals surface area contributed by atoms with Crippen LogP contribution in [-0.4, -0.2) is 6.29 Å². The molecule has 0 saturated heterocycles. The molecule has 0 fully saturated rings. The molecule has 0 radical (unpaired) electrons. The highest BCUT2D eigenvalue weighted by molar-refractivity contribution is 7.99. The second kappa shape index (κ2) is 4.67. The van der Waals surface area contributed by atoms with Crippen molar-refractivity contribution in [3.63, 3.8) is 0 Å². The highest BCUT2D eigenvalue weighted by atomic mass is 32.2. The van der Waals surface area contributed by atoms with Crippen molar-refractivity contribution in [2.75, 3.05) is 0 Å². The smallest absolute Gasteiger partial charge is 0.160 e. The molecule has 1 aromatic carbocycles. The fraction of sp³-hybridized carbons (Fsp3) is 0.214. The minimum absolute atomic E-state index is 0.800. The Balaban J connectivity index is 1.83. The highest BCUT2D eigenvalue weighted by Crippen LogP contribution is 2.33. The molecule has 1 heterocycles. The summed E-state index contributed by atoms with van der Waals surface area (Å²) in [4.78, 5) is 13.9. The van der Waals surface area contributed by atoms with Gasteiger partial charge in [-0.1, -0.05) is 17.8 Å². The number of carbonyl (C=O) groups is 1. The van der Waals surface area contributed by atoms with E-state index in [0.29, 0.717) is 0 Å². The van der Waals surface area contributed by atoms with Gasteiger partial charge in [-0.15, -0.1) is 11.3 Å². The summed E-state index contributed by atoms with van der Waals surface area (Å²) in [5.74, 6) is 0. The standard InChI is InChI=1S/C14H12OS2/c15-8-13-7-14(9-16-13)17-12-5-4-10-2-1-3-11(10)6-12/h4-9H,1-3H2. The van der Waals surface area contributed by atoms with Gasteiger partial charge in [0.15, 0.2) is 6.29 Å². The summed E-state index contributed by atoms with van der Waals surface area (Å²) in [5.41, 5.74) is 3.01. The first kappa shape index (κ1) is 11.1. The Morgan fingerprint density at radius 3 is 2.82 bits per heavy atom. The van der Waals surface area contributed by atoms with Gasteiger partial charge < -0.3 is 0 Å². The van der Waals surface area contributed by atoms with Crippen molar-refractivity contribution in [1.82, 2.24) is 0 Å². The van der Waals surface area contributed by atoms with Crippen LogP contribution < -0.4 is 0 Å². The first-order valence-electron chi connectivity index (χ1n) is 5.68. The van der Waals surface area contributed by atoms with E-state index >= 15 is 0 Å². The van der Waals surface area contributed by atoms with Crippen LogP contribution in [0.25, 0.3) is 0 Å². The lowest BCUT2D eigenvalue weighted by atomic mass is 10.1. The fourth-order valence-corrected chi connectivity index (χ4v) is 3.98. The quantitative estimate of drug-likeness (QED) is 0.769. The molecule has 0 N–H and O–H groups in total. The minimum Gasteiger partial charge on any atom is -0.297 e. The van der Waals surface area contributed by atoms with Crippen LogP contribution in [0.3, 0.4) is 0 Å². The van der Waals surface area contributed by atoms with E-state index in [9.17, 15) is 4.79 Å². The molecule has 1 aliphatic carbocycles. The summed E-state index contributed by atoms with van der Waals surface area (Å²) in [6.07, 6.45) is 4.65. The van der Waals surface area contributed by atoms with Gasteiger partial charge in [0.1, 0.15) is 0 Å². The van der Waals surface area contributed by atoms with E-state index in [0.717, 1.165) is 16.1 Å². The van der Waals surface area contributed by atoms with Crippen molar-refractivity contribution in [3.05, 3.63) is 45.6 Å². The Labute approximate surface area is 109 Å². The van der Waals surface area contributed by atoms with Crippen molar-refractivity contribution < 1.29 is 4.79 Å². The molecule has 1 nitrogen and oxygen atoms in total. The molecule has 17 heavy (non-hydrogen) atoms. The van der Waals surface area contributed by atoms with Crippen LogP contribution in [0.1, 0.15) is 27.2 Å². The molecule has 0 saturated carbocycles. The van der Waals surface area contributed by atoms with Crippen LogP contribution in [0.4, 0.5) is 0 Å². The molecular formula is C14H12OS2. The van der Waals surface area contributed by atoms with E-state index in [1.807, 2.05) is 11.4 Å². The van der Waals surface area contributed by atoms with E-state index in [4.69, 9.17) is 0 Å². The molecule has 0 atom stereocenters. The summed E-state index contributed by atoms with van der Waals surface area (Å²) in [7, 11) is 0. The zero-order chi connectivity index (χ0) is 11.7. The van der Waals surface area contributed by atoms with E-state index < -0.39 is 0 Å². The Morgan fingerprint density at radius 2 is 2.00 bits per heavy atom. The first-order valence-corrected chi connectivity index (χ1v) is 7.38. The monoisotopic (exact) mass is 260 g/mol. The van der Waals surface area contributed by atoms with Crippen LogP contribution in [0.15, 0.2) is 39.4 Å². The van der Waals surface area contributed by atoms with Crippen LogP contribution in [-0.2, 0) is 12.8 Å². The Hall–Kier alpha value is -1.06. The molecule has 3 rings (SSSR count). The predicted octanol–water partition coefficient (Wildman–Crippen LogP) is 4.20. The molecular weight excluding hydrogens is 248 g/mol. The number of carbonyl (C=O) groups excluding carboxylic acids is 1. The number of thiophene rings is 1. The zero-order valence-corrected chi connectivity index (χ0v) is 10.9. The first-order chi connectivity index (χ1) is 8.35. The Morgan fingerprint density at radius 1 is 1.12 bits per heavy atom. The summed E-state index contributed by atoms with van der Waals surface area (Å²) < 4.78 is 0. The Bertz CT molecular complexity index is 557. The second-order valence-corrected chi connectivity index (χ2v) is 6.28. The van der Waals surface area contributed by atoms with Gasteiger partial charge in [0.05, 0.1) is 4.88 Å². The average Bonchev–Trinajstić information content (AvgIpc) is 2.96. The number of aryl methyl sites for hydroxylation is 2. The lowest BCUT2D eigenvalue weighted by Gasteiger charge is -2.03. The lowest BCUT2D eigenvalue weighted by molar-refractivity contribution is 0.112. The van der Waals surface area contributed by atoms with Crippen LogP contribution in [0.2, 0.25) is 0 Å². The molecule has 1 aromatic heterocycles. The van der Waals surface area contributed by atoms with Crippen molar-refractivity contribution in [2.24, 2.45) is 0 Å². The molecule has 1 aliphatic rings. The Kier molecular flexibility index (Phi) is 3.04. The van der Waals surface area contributed by atoms with Gasteiger partial charge in [-0.3, -0.25) is 4.79 Å². The molecule has 2 aromatic rings. The van der Waals surface area contributed by atoms with E-state index in [1.165, 1.54) is 46.6 Å². The van der Waals surface area contributed by atoms with Gasteiger partial charge in [-0.25, -0.2) is 0 Å². The van der Waals surface area contributed by atoms with Gasteiger partial charge in [0, 0.05) is 15.2 Å². The third kappa shape index (κ3) is 2.31. The summed E-state index contributed by atoms with van der Waals surface area (Å²) >= 11 is 3.25. The maximum Gasteiger partial charge on any atom is 0.160 e. The van der Waals surface area contributed by atoms with Gasteiger partial charge in [-0.05, 0) is 48.6 Å². The molecule has 0 amide bonds. The molecule has 0 spiro atoms. The third-order valence-electron chi connectivity index (χ3n) is 3.02. The van der Waals surface area contributed by atoms with Crippen molar-refractivity contribution in [3.8, 4) is 0 Å². The van der Waals surface area contributed by atoms with Gasteiger partial charge >= 0.3 is 0 Å². The van der Waals surface area contributed by atoms with Gasteiger partial charge in [0.2, 0.25) is 0 Å². The average molecular weight is 260 g/mol. The maximum absolute atomic E-state index is 10.6. The van der Waals surface area contributed by atoms with Gasteiger partial charge in [-0.2, -0.15) is 0 Å². The summed E-state index contributed by atoms with van der Waals surface area (Å²) in [5, 5.41) is 2.04. The number of rotatable bonds is 3. The zero-order valence-electron chi connectivity index (χ0n) is 9.31. The van der Waals surface area contributed by atoms with Crippen LogP contribution in [0, 0.1) is 0 Å². The predicted molar refractivity (Wildman–Crippen MR) is 72.3 cm³/mol. The molecule has 0 aliphatic heterocycles. The lowest BCUT2D eigenvalue weighted by Crippen LogP contribution is -1.82. The second-order valence-electron chi connectivity index (χ2n) is 4.19. The fourth-order valence-electron chi connectivity index (χ4n) is 2.20. The molecule has 86 valence electrons. The SMILES string of the molecule is O=Cc1cc(Sc2ccc3c(c2)CCC3)cs1. The normalized spacial score (nSPS) is 13.6. The molecule has 0 bridgehead atoms. The maximum atomic E-state index is 10.6. The minimum atomic E-state index is 0.800.